The van der Waals surface area contributed by atoms with Gasteiger partial charge in [-0.05, 0) is 13.8 Å². The van der Waals surface area contributed by atoms with Crippen LogP contribution in [-0.4, -0.2) is 46.0 Å². The summed E-state index contributed by atoms with van der Waals surface area (Å²) < 4.78 is 4.95. The van der Waals surface area contributed by atoms with E-state index in [2.05, 4.69) is 15.5 Å². The van der Waals surface area contributed by atoms with Gasteiger partial charge >= 0.3 is 0 Å². The summed E-state index contributed by atoms with van der Waals surface area (Å²) in [7, 11) is 0. The maximum absolute atomic E-state index is 11.6. The van der Waals surface area contributed by atoms with Gasteiger partial charge in [-0.3, -0.25) is 9.59 Å². The van der Waals surface area contributed by atoms with Crippen LogP contribution in [0.25, 0.3) is 0 Å². The van der Waals surface area contributed by atoms with Gasteiger partial charge in [-0.15, -0.1) is 0 Å². The Bertz CT molecular complexity index is 443. The second-order valence-corrected chi connectivity index (χ2v) is 3.97. The van der Waals surface area contributed by atoms with E-state index < -0.39 is 6.04 Å². The van der Waals surface area contributed by atoms with E-state index in [1.165, 1.54) is 4.90 Å². The number of amides is 2. The van der Waals surface area contributed by atoms with E-state index in [1.807, 2.05) is 0 Å². The number of nitrogens with zero attached hydrogens (tertiary/aromatic N) is 3. The highest BCUT2D eigenvalue weighted by Gasteiger charge is 2.30. The summed E-state index contributed by atoms with van der Waals surface area (Å²) in [6, 6.07) is -0.444. The number of aryl methyl sites for hydroxylation is 1. The number of carbonyl (C=O) groups excluding carboxylic acids is 2. The van der Waals surface area contributed by atoms with Crippen molar-refractivity contribution in [3.05, 3.63) is 11.7 Å². The molecule has 1 aliphatic rings. The summed E-state index contributed by atoms with van der Waals surface area (Å²) in [6.07, 6.45) is 0.462. The normalized spacial score (nSPS) is 20.6. The highest BCUT2D eigenvalue weighted by Crippen LogP contribution is 2.07. The minimum Gasteiger partial charge on any atom is -0.345 e. The Morgan fingerprint density at radius 1 is 1.53 bits per heavy atom. The average molecular weight is 238 g/mol. The summed E-state index contributed by atoms with van der Waals surface area (Å²) in [5.41, 5.74) is 0. The number of hydrogen-bond donors (Lipinski definition) is 1. The predicted octanol–water partition coefficient (Wildman–Crippen LogP) is -0.733. The van der Waals surface area contributed by atoms with E-state index in [1.54, 1.807) is 13.8 Å². The van der Waals surface area contributed by atoms with E-state index >= 15 is 0 Å². The molecule has 1 unspecified atom stereocenters. The molecule has 7 heteroatoms. The molecule has 1 fully saturated rings. The van der Waals surface area contributed by atoms with Crippen LogP contribution in [-0.2, 0) is 16.0 Å². The van der Waals surface area contributed by atoms with E-state index in [0.717, 1.165) is 0 Å². The highest BCUT2D eigenvalue weighted by molar-refractivity contribution is 5.94. The van der Waals surface area contributed by atoms with Crippen LogP contribution in [0.2, 0.25) is 0 Å². The maximum atomic E-state index is 11.6. The first-order valence-electron chi connectivity index (χ1n) is 5.44. The Kier molecular flexibility index (Phi) is 3.08. The zero-order valence-corrected chi connectivity index (χ0v) is 9.77. The monoisotopic (exact) mass is 238 g/mol. The van der Waals surface area contributed by atoms with E-state index in [9.17, 15) is 9.59 Å². The number of nitrogens with one attached hydrogen (secondary N) is 1. The Labute approximate surface area is 98.2 Å². The molecule has 1 aliphatic heterocycles. The van der Waals surface area contributed by atoms with Crippen molar-refractivity contribution in [2.75, 3.05) is 13.1 Å². The topological polar surface area (TPSA) is 88.3 Å². The lowest BCUT2D eigenvalue weighted by Crippen LogP contribution is -2.57. The number of hydrogen-bond acceptors (Lipinski definition) is 5. The van der Waals surface area contributed by atoms with Gasteiger partial charge in [0.2, 0.25) is 17.7 Å². The third-order valence-electron chi connectivity index (χ3n) is 2.72. The smallest absolute Gasteiger partial charge is 0.242 e. The summed E-state index contributed by atoms with van der Waals surface area (Å²) in [5.74, 6) is 0.823. The first-order valence-corrected chi connectivity index (χ1v) is 5.44. The van der Waals surface area contributed by atoms with E-state index in [0.29, 0.717) is 24.7 Å². The van der Waals surface area contributed by atoms with Gasteiger partial charge in [-0.2, -0.15) is 4.98 Å². The standard InChI is InChI=1S/C10H14N4O3/c1-6-10(16)11-5-9(15)14(6)4-3-8-12-7(2)13-17-8/h6H,3-5H2,1-2H3,(H,11,16). The molecule has 0 aromatic carbocycles. The summed E-state index contributed by atoms with van der Waals surface area (Å²) in [6.45, 7) is 3.90. The van der Waals surface area contributed by atoms with Gasteiger partial charge in [0.1, 0.15) is 6.04 Å². The molecule has 7 nitrogen and oxygen atoms in total. The number of piperazine rings is 1. The second-order valence-electron chi connectivity index (χ2n) is 3.97. The van der Waals surface area contributed by atoms with Crippen LogP contribution in [0.3, 0.4) is 0 Å². The summed E-state index contributed by atoms with van der Waals surface area (Å²) in [5, 5.41) is 6.20. The lowest BCUT2D eigenvalue weighted by atomic mass is 10.2. The van der Waals surface area contributed by atoms with Crippen molar-refractivity contribution in [1.29, 1.82) is 0 Å². The molecule has 2 heterocycles. The van der Waals surface area contributed by atoms with E-state index in [4.69, 9.17) is 4.52 Å². The molecular weight excluding hydrogens is 224 g/mol. The molecule has 0 saturated carbocycles. The third kappa shape index (κ3) is 2.43. The minimum absolute atomic E-state index is 0.0615. The zero-order valence-electron chi connectivity index (χ0n) is 9.77. The number of aromatic nitrogens is 2. The molecule has 0 spiro atoms. The molecule has 1 N–H and O–H groups in total. The van der Waals surface area contributed by atoms with Crippen LogP contribution in [0.5, 0.6) is 0 Å². The zero-order chi connectivity index (χ0) is 12.4. The molecular formula is C10H14N4O3. The third-order valence-corrected chi connectivity index (χ3v) is 2.72. The largest absolute Gasteiger partial charge is 0.345 e. The summed E-state index contributed by atoms with van der Waals surface area (Å²) >= 11 is 0. The molecule has 17 heavy (non-hydrogen) atoms. The van der Waals surface area contributed by atoms with Crippen molar-refractivity contribution >= 4 is 11.8 Å². The fourth-order valence-electron chi connectivity index (χ4n) is 1.75. The van der Waals surface area contributed by atoms with Crippen molar-refractivity contribution in [2.45, 2.75) is 26.3 Å². The van der Waals surface area contributed by atoms with Crippen LogP contribution in [0.1, 0.15) is 18.6 Å². The first-order chi connectivity index (χ1) is 8.08. The van der Waals surface area contributed by atoms with Crippen molar-refractivity contribution in [1.82, 2.24) is 20.4 Å². The highest BCUT2D eigenvalue weighted by atomic mass is 16.5. The molecule has 1 aromatic rings. The molecule has 92 valence electrons. The van der Waals surface area contributed by atoms with Crippen LogP contribution in [0.4, 0.5) is 0 Å². The van der Waals surface area contributed by atoms with Crippen LogP contribution in [0, 0.1) is 6.92 Å². The Hall–Kier alpha value is -1.92. The van der Waals surface area contributed by atoms with Gasteiger partial charge in [0.15, 0.2) is 5.82 Å². The molecule has 1 aromatic heterocycles. The Morgan fingerprint density at radius 3 is 2.94 bits per heavy atom. The van der Waals surface area contributed by atoms with Gasteiger partial charge in [0.05, 0.1) is 6.54 Å². The molecule has 0 aliphatic carbocycles. The van der Waals surface area contributed by atoms with Gasteiger partial charge < -0.3 is 14.7 Å². The van der Waals surface area contributed by atoms with Crippen molar-refractivity contribution in [2.24, 2.45) is 0 Å². The summed E-state index contributed by atoms with van der Waals surface area (Å²) in [4.78, 5) is 28.6. The minimum atomic E-state index is -0.444. The predicted molar refractivity (Wildman–Crippen MR) is 56.9 cm³/mol. The SMILES string of the molecule is Cc1noc(CCN2C(=O)CNC(=O)C2C)n1. The molecule has 1 atom stereocenters. The maximum Gasteiger partial charge on any atom is 0.242 e. The number of carbonyl (C=O) groups is 2. The lowest BCUT2D eigenvalue weighted by Gasteiger charge is -2.32. The van der Waals surface area contributed by atoms with E-state index in [-0.39, 0.29) is 18.4 Å². The average Bonchev–Trinajstić information content (AvgIpc) is 2.70. The van der Waals surface area contributed by atoms with Gasteiger partial charge in [0.25, 0.3) is 0 Å². The Balaban J connectivity index is 1.97. The molecule has 2 amide bonds. The first kappa shape index (κ1) is 11.6. The number of rotatable bonds is 3. The van der Waals surface area contributed by atoms with Crippen LogP contribution >= 0.6 is 0 Å². The van der Waals surface area contributed by atoms with Crippen molar-refractivity contribution in [3.63, 3.8) is 0 Å². The molecule has 0 radical (unpaired) electrons. The lowest BCUT2D eigenvalue weighted by molar-refractivity contribution is -0.144. The fraction of sp³-hybridized carbons (Fsp3) is 0.600. The van der Waals surface area contributed by atoms with Gasteiger partial charge in [-0.25, -0.2) is 0 Å². The molecule has 2 rings (SSSR count). The van der Waals surface area contributed by atoms with Gasteiger partial charge in [0, 0.05) is 13.0 Å². The molecule has 1 saturated heterocycles. The van der Waals surface area contributed by atoms with Crippen LogP contribution in [0.15, 0.2) is 4.52 Å². The quantitative estimate of drug-likeness (QED) is 0.749. The van der Waals surface area contributed by atoms with Crippen molar-refractivity contribution in [3.8, 4) is 0 Å². The fourth-order valence-corrected chi connectivity index (χ4v) is 1.75. The van der Waals surface area contributed by atoms with Crippen molar-refractivity contribution < 1.29 is 14.1 Å². The molecule has 0 bridgehead atoms. The Morgan fingerprint density at radius 2 is 2.29 bits per heavy atom. The van der Waals surface area contributed by atoms with Crippen LogP contribution < -0.4 is 5.32 Å². The van der Waals surface area contributed by atoms with Gasteiger partial charge in [-0.1, -0.05) is 5.16 Å². The second kappa shape index (κ2) is 4.52.